The Balaban J connectivity index is 1.87. The first-order chi connectivity index (χ1) is 8.83. The van der Waals surface area contributed by atoms with E-state index in [4.69, 9.17) is 10.00 Å². The summed E-state index contributed by atoms with van der Waals surface area (Å²) < 4.78 is 5.51. The smallest absolute Gasteiger partial charge is 0.0991 e. The summed E-state index contributed by atoms with van der Waals surface area (Å²) in [5, 5.41) is 8.79. The Hall–Kier alpha value is -1.33. The molecule has 0 N–H and O–H groups in total. The summed E-state index contributed by atoms with van der Waals surface area (Å²) in [5.41, 5.74) is 2.15. The molecular formula is C16H21NO. The summed E-state index contributed by atoms with van der Waals surface area (Å²) in [4.78, 5) is 0. The largest absolute Gasteiger partial charge is 0.381 e. The Kier molecular flexibility index (Phi) is 4.78. The summed E-state index contributed by atoms with van der Waals surface area (Å²) in [7, 11) is 0. The molecule has 2 nitrogen and oxygen atoms in total. The van der Waals surface area contributed by atoms with Crippen molar-refractivity contribution < 1.29 is 4.74 Å². The van der Waals surface area contributed by atoms with Crippen molar-refractivity contribution in [1.82, 2.24) is 0 Å². The summed E-state index contributed by atoms with van der Waals surface area (Å²) in [6.07, 6.45) is 5.04. The number of hydrogen-bond donors (Lipinski definition) is 0. The second-order valence-corrected chi connectivity index (χ2v) is 5.11. The molecule has 1 saturated carbocycles. The van der Waals surface area contributed by atoms with Crippen molar-refractivity contribution in [3.05, 3.63) is 35.4 Å². The van der Waals surface area contributed by atoms with Crippen LogP contribution in [0, 0.1) is 17.2 Å². The highest BCUT2D eigenvalue weighted by Crippen LogP contribution is 2.35. The first kappa shape index (κ1) is 13.1. The molecule has 1 aliphatic rings. The first-order valence-corrected chi connectivity index (χ1v) is 6.91. The molecule has 18 heavy (non-hydrogen) atoms. The number of benzene rings is 1. The van der Waals surface area contributed by atoms with Gasteiger partial charge >= 0.3 is 0 Å². The van der Waals surface area contributed by atoms with E-state index in [2.05, 4.69) is 25.1 Å². The van der Waals surface area contributed by atoms with E-state index in [9.17, 15) is 0 Å². The first-order valence-electron chi connectivity index (χ1n) is 6.91. The minimum Gasteiger partial charge on any atom is -0.381 e. The average Bonchev–Trinajstić information content (AvgIpc) is 2.46. The fourth-order valence-corrected chi connectivity index (χ4v) is 2.78. The molecule has 0 radical (unpaired) electrons. The van der Waals surface area contributed by atoms with Gasteiger partial charge in [0.25, 0.3) is 0 Å². The van der Waals surface area contributed by atoms with Crippen molar-refractivity contribution >= 4 is 0 Å². The van der Waals surface area contributed by atoms with Crippen LogP contribution < -0.4 is 0 Å². The molecule has 2 rings (SSSR count). The normalized spacial score (nSPS) is 23.6. The molecule has 0 aromatic heterocycles. The van der Waals surface area contributed by atoms with Gasteiger partial charge in [-0.25, -0.2) is 0 Å². The number of nitriles is 1. The van der Waals surface area contributed by atoms with Gasteiger partial charge in [-0.3, -0.25) is 0 Å². The predicted molar refractivity (Wildman–Crippen MR) is 72.3 cm³/mol. The van der Waals surface area contributed by atoms with E-state index in [-0.39, 0.29) is 0 Å². The van der Waals surface area contributed by atoms with Crippen molar-refractivity contribution in [2.45, 2.75) is 38.5 Å². The van der Waals surface area contributed by atoms with Crippen LogP contribution in [0.3, 0.4) is 0 Å². The summed E-state index contributed by atoms with van der Waals surface area (Å²) in [5.74, 6) is 1.43. The van der Waals surface area contributed by atoms with Crippen molar-refractivity contribution in [3.63, 3.8) is 0 Å². The molecule has 0 atom stereocenters. The average molecular weight is 243 g/mol. The fraction of sp³-hybridized carbons (Fsp3) is 0.562. The molecule has 96 valence electrons. The van der Waals surface area contributed by atoms with Crippen LogP contribution in [0.1, 0.15) is 49.7 Å². The minimum atomic E-state index is 0.676. The molecule has 0 aliphatic heterocycles. The highest BCUT2D eigenvalue weighted by molar-refractivity contribution is 5.33. The maximum Gasteiger partial charge on any atom is 0.0991 e. The van der Waals surface area contributed by atoms with Crippen LogP contribution in [0.25, 0.3) is 0 Å². The van der Waals surface area contributed by atoms with Gasteiger partial charge in [-0.1, -0.05) is 12.1 Å². The molecule has 0 heterocycles. The number of rotatable bonds is 4. The number of nitrogens with zero attached hydrogens (tertiary/aromatic N) is 1. The molecule has 0 amide bonds. The van der Waals surface area contributed by atoms with E-state index < -0.39 is 0 Å². The van der Waals surface area contributed by atoms with Gasteiger partial charge < -0.3 is 4.74 Å². The Morgan fingerprint density at radius 3 is 2.39 bits per heavy atom. The SMILES string of the molecule is CCOC[C@H]1CC[C@H](c2ccc(C#N)cc2)CC1. The maximum atomic E-state index is 8.79. The molecule has 1 aromatic carbocycles. The zero-order valence-corrected chi connectivity index (χ0v) is 11.1. The van der Waals surface area contributed by atoms with E-state index in [0.717, 1.165) is 24.7 Å². The van der Waals surface area contributed by atoms with E-state index in [1.165, 1.54) is 31.2 Å². The Morgan fingerprint density at radius 2 is 1.83 bits per heavy atom. The van der Waals surface area contributed by atoms with Crippen LogP contribution in [0.2, 0.25) is 0 Å². The van der Waals surface area contributed by atoms with Crippen LogP contribution >= 0.6 is 0 Å². The number of hydrogen-bond acceptors (Lipinski definition) is 2. The van der Waals surface area contributed by atoms with Gasteiger partial charge in [-0.2, -0.15) is 5.26 Å². The lowest BCUT2D eigenvalue weighted by molar-refractivity contribution is 0.0920. The third-order valence-electron chi connectivity index (χ3n) is 3.92. The quantitative estimate of drug-likeness (QED) is 0.804. The summed E-state index contributed by atoms with van der Waals surface area (Å²) in [6.45, 7) is 3.81. The molecule has 0 saturated heterocycles. The van der Waals surface area contributed by atoms with Gasteiger partial charge in [0.15, 0.2) is 0 Å². The van der Waals surface area contributed by atoms with Crippen molar-refractivity contribution in [1.29, 1.82) is 5.26 Å². The predicted octanol–water partition coefficient (Wildman–Crippen LogP) is 3.87. The molecule has 0 bridgehead atoms. The van der Waals surface area contributed by atoms with Crippen molar-refractivity contribution in [2.75, 3.05) is 13.2 Å². The van der Waals surface area contributed by atoms with Gasteiger partial charge in [0.2, 0.25) is 0 Å². The van der Waals surface area contributed by atoms with Crippen LogP contribution in [-0.4, -0.2) is 13.2 Å². The van der Waals surface area contributed by atoms with Gasteiger partial charge in [0.05, 0.1) is 11.6 Å². The van der Waals surface area contributed by atoms with Crippen LogP contribution in [0.5, 0.6) is 0 Å². The molecule has 1 aliphatic carbocycles. The van der Waals surface area contributed by atoms with Gasteiger partial charge in [-0.15, -0.1) is 0 Å². The van der Waals surface area contributed by atoms with Crippen LogP contribution in [0.4, 0.5) is 0 Å². The van der Waals surface area contributed by atoms with Crippen LogP contribution in [-0.2, 0) is 4.74 Å². The molecular weight excluding hydrogens is 222 g/mol. The lowest BCUT2D eigenvalue weighted by atomic mass is 9.79. The topological polar surface area (TPSA) is 33.0 Å². The Bertz CT molecular complexity index is 396. The minimum absolute atomic E-state index is 0.676. The Morgan fingerprint density at radius 1 is 1.17 bits per heavy atom. The monoisotopic (exact) mass is 243 g/mol. The summed E-state index contributed by atoms with van der Waals surface area (Å²) >= 11 is 0. The summed E-state index contributed by atoms with van der Waals surface area (Å²) in [6, 6.07) is 10.3. The molecule has 1 aromatic rings. The standard InChI is InChI=1S/C16H21NO/c1-2-18-12-14-5-9-16(10-6-14)15-7-3-13(11-17)4-8-15/h3-4,7-8,14,16H,2,5-6,9-10,12H2,1H3/t14-,16-. The molecule has 2 heteroatoms. The highest BCUT2D eigenvalue weighted by Gasteiger charge is 2.22. The van der Waals surface area contributed by atoms with Gasteiger partial charge in [0.1, 0.15) is 0 Å². The highest BCUT2D eigenvalue weighted by atomic mass is 16.5. The number of ether oxygens (including phenoxy) is 1. The van der Waals surface area contributed by atoms with E-state index in [1.807, 2.05) is 12.1 Å². The van der Waals surface area contributed by atoms with E-state index in [1.54, 1.807) is 0 Å². The molecule has 0 unspecified atom stereocenters. The van der Waals surface area contributed by atoms with Crippen molar-refractivity contribution in [3.8, 4) is 6.07 Å². The Labute approximate surface area is 110 Å². The second-order valence-electron chi connectivity index (χ2n) is 5.11. The molecule has 1 fully saturated rings. The van der Waals surface area contributed by atoms with E-state index >= 15 is 0 Å². The van der Waals surface area contributed by atoms with Gasteiger partial charge in [0, 0.05) is 13.2 Å². The van der Waals surface area contributed by atoms with Gasteiger partial charge in [-0.05, 0) is 62.1 Å². The molecule has 0 spiro atoms. The fourth-order valence-electron chi connectivity index (χ4n) is 2.78. The third kappa shape index (κ3) is 3.34. The maximum absolute atomic E-state index is 8.79. The van der Waals surface area contributed by atoms with Crippen molar-refractivity contribution in [2.24, 2.45) is 5.92 Å². The van der Waals surface area contributed by atoms with Crippen LogP contribution in [0.15, 0.2) is 24.3 Å². The third-order valence-corrected chi connectivity index (χ3v) is 3.92. The second kappa shape index (κ2) is 6.56. The lowest BCUT2D eigenvalue weighted by Gasteiger charge is -2.28. The zero-order chi connectivity index (χ0) is 12.8. The lowest BCUT2D eigenvalue weighted by Crippen LogP contribution is -2.17. The van der Waals surface area contributed by atoms with E-state index in [0.29, 0.717) is 5.92 Å². The zero-order valence-electron chi connectivity index (χ0n) is 11.1.